The minimum Gasteiger partial charge on any atom is -0.462 e. The molecule has 4 nitrogen and oxygen atoms in total. The Bertz CT molecular complexity index is 410. The molecular weight excluding hydrogens is 230 g/mol. The highest BCUT2D eigenvalue weighted by Gasteiger charge is 2.11. The topological polar surface area (TPSA) is 55.4 Å². The summed E-state index contributed by atoms with van der Waals surface area (Å²) in [4.78, 5) is 22.0. The fourth-order valence-corrected chi connectivity index (χ4v) is 1.55. The molecular formula is C14H19NO3. The third kappa shape index (κ3) is 4.20. The van der Waals surface area contributed by atoms with E-state index in [4.69, 9.17) is 0 Å². The molecule has 0 spiro atoms. The minimum atomic E-state index is -0.856. The number of nitrogens with one attached hydrogen (secondary N) is 1. The van der Waals surface area contributed by atoms with Crippen molar-refractivity contribution < 1.29 is 14.3 Å². The molecule has 0 fully saturated rings. The van der Waals surface area contributed by atoms with Crippen LogP contribution in [0.2, 0.25) is 0 Å². The summed E-state index contributed by atoms with van der Waals surface area (Å²) in [5.74, 6) is -1.04. The molecule has 0 unspecified atom stereocenters. The van der Waals surface area contributed by atoms with Gasteiger partial charge in [-0.2, -0.15) is 0 Å². The van der Waals surface area contributed by atoms with Crippen LogP contribution in [0.1, 0.15) is 30.9 Å². The average molecular weight is 249 g/mol. The molecule has 0 aromatic heterocycles. The van der Waals surface area contributed by atoms with Crippen molar-refractivity contribution >= 4 is 11.9 Å². The molecule has 1 aromatic carbocycles. The molecule has 0 radical (unpaired) electrons. The third-order valence-electron chi connectivity index (χ3n) is 2.72. The van der Waals surface area contributed by atoms with E-state index >= 15 is 0 Å². The van der Waals surface area contributed by atoms with Gasteiger partial charge in [0, 0.05) is 6.54 Å². The maximum atomic E-state index is 11.1. The molecule has 1 aromatic rings. The number of ether oxygens (including phenoxy) is 1. The quantitative estimate of drug-likeness (QED) is 0.652. The van der Waals surface area contributed by atoms with E-state index in [0.29, 0.717) is 18.9 Å². The summed E-state index contributed by atoms with van der Waals surface area (Å²) in [5.41, 5.74) is 2.42. The van der Waals surface area contributed by atoms with E-state index in [1.54, 1.807) is 0 Å². The lowest BCUT2D eigenvalue weighted by Crippen LogP contribution is -2.33. The summed E-state index contributed by atoms with van der Waals surface area (Å²) in [5, 5.41) is 2.51. The van der Waals surface area contributed by atoms with Gasteiger partial charge in [-0.3, -0.25) is 4.79 Å². The van der Waals surface area contributed by atoms with Crippen LogP contribution in [-0.4, -0.2) is 25.5 Å². The molecule has 1 amide bonds. The van der Waals surface area contributed by atoms with Crippen molar-refractivity contribution in [1.29, 1.82) is 0 Å². The maximum absolute atomic E-state index is 11.1. The van der Waals surface area contributed by atoms with Gasteiger partial charge in [0.2, 0.25) is 0 Å². The van der Waals surface area contributed by atoms with Crippen LogP contribution in [-0.2, 0) is 20.7 Å². The number of carbonyl (C=O) groups excluding carboxylic acids is 2. The molecule has 98 valence electrons. The van der Waals surface area contributed by atoms with E-state index in [9.17, 15) is 9.59 Å². The Morgan fingerprint density at radius 1 is 1.22 bits per heavy atom. The van der Waals surface area contributed by atoms with Gasteiger partial charge in [-0.15, -0.1) is 0 Å². The molecule has 1 N–H and O–H groups in total. The molecule has 0 heterocycles. The SMILES string of the molecule is COC(=O)C(=O)NCCc1ccc(C(C)C)cc1. The van der Waals surface area contributed by atoms with Gasteiger partial charge in [0.15, 0.2) is 0 Å². The lowest BCUT2D eigenvalue weighted by molar-refractivity contribution is -0.152. The van der Waals surface area contributed by atoms with Crippen molar-refractivity contribution in [2.45, 2.75) is 26.2 Å². The zero-order valence-electron chi connectivity index (χ0n) is 11.0. The molecule has 18 heavy (non-hydrogen) atoms. The van der Waals surface area contributed by atoms with Gasteiger partial charge >= 0.3 is 11.9 Å². The zero-order chi connectivity index (χ0) is 13.5. The summed E-state index contributed by atoms with van der Waals surface area (Å²) in [6.07, 6.45) is 0.696. The Hall–Kier alpha value is -1.84. The fraction of sp³-hybridized carbons (Fsp3) is 0.429. The maximum Gasteiger partial charge on any atom is 0.396 e. The van der Waals surface area contributed by atoms with E-state index in [0.717, 1.165) is 5.56 Å². The van der Waals surface area contributed by atoms with E-state index in [2.05, 4.69) is 36.0 Å². The van der Waals surface area contributed by atoms with Crippen LogP contribution in [0.25, 0.3) is 0 Å². The molecule has 0 aliphatic rings. The van der Waals surface area contributed by atoms with Gasteiger partial charge in [-0.1, -0.05) is 38.1 Å². The van der Waals surface area contributed by atoms with Crippen molar-refractivity contribution in [3.05, 3.63) is 35.4 Å². The molecule has 0 aliphatic carbocycles. The number of rotatable bonds is 4. The highest BCUT2D eigenvalue weighted by atomic mass is 16.5. The minimum absolute atomic E-state index is 0.426. The Labute approximate surface area is 107 Å². The van der Waals surface area contributed by atoms with Crippen LogP contribution in [0, 0.1) is 0 Å². The number of esters is 1. The highest BCUT2D eigenvalue weighted by Crippen LogP contribution is 2.14. The first-order chi connectivity index (χ1) is 8.54. The van der Waals surface area contributed by atoms with Crippen molar-refractivity contribution in [2.24, 2.45) is 0 Å². The lowest BCUT2D eigenvalue weighted by atomic mass is 10.0. The summed E-state index contributed by atoms with van der Waals surface area (Å²) in [6, 6.07) is 8.25. The van der Waals surface area contributed by atoms with E-state index in [-0.39, 0.29) is 0 Å². The molecule has 1 rings (SSSR count). The van der Waals surface area contributed by atoms with E-state index in [1.807, 2.05) is 12.1 Å². The molecule has 0 saturated heterocycles. The van der Waals surface area contributed by atoms with Crippen LogP contribution >= 0.6 is 0 Å². The molecule has 4 heteroatoms. The van der Waals surface area contributed by atoms with Crippen LogP contribution < -0.4 is 5.32 Å². The molecule has 0 aliphatic heterocycles. The van der Waals surface area contributed by atoms with Crippen LogP contribution in [0.4, 0.5) is 0 Å². The Morgan fingerprint density at radius 3 is 2.33 bits per heavy atom. The predicted molar refractivity (Wildman–Crippen MR) is 69.3 cm³/mol. The van der Waals surface area contributed by atoms with Gasteiger partial charge in [-0.25, -0.2) is 4.79 Å². The fourth-order valence-electron chi connectivity index (χ4n) is 1.55. The third-order valence-corrected chi connectivity index (χ3v) is 2.72. The Kier molecular flexibility index (Phi) is 5.36. The summed E-state index contributed by atoms with van der Waals surface area (Å²) >= 11 is 0. The highest BCUT2D eigenvalue weighted by molar-refractivity contribution is 6.32. The van der Waals surface area contributed by atoms with Crippen LogP contribution in [0.15, 0.2) is 24.3 Å². The monoisotopic (exact) mass is 249 g/mol. The average Bonchev–Trinajstić information content (AvgIpc) is 2.38. The molecule has 0 atom stereocenters. The van der Waals surface area contributed by atoms with Crippen molar-refractivity contribution in [3.63, 3.8) is 0 Å². The van der Waals surface area contributed by atoms with Crippen LogP contribution in [0.5, 0.6) is 0 Å². The standard InChI is InChI=1S/C14H19NO3/c1-10(2)12-6-4-11(5-7-12)8-9-15-13(16)14(17)18-3/h4-7,10H,8-9H2,1-3H3,(H,15,16). The summed E-state index contributed by atoms with van der Waals surface area (Å²) in [7, 11) is 1.19. The normalized spacial score (nSPS) is 10.2. The predicted octanol–water partition coefficient (Wildman–Crippen LogP) is 1.64. The molecule has 0 bridgehead atoms. The first-order valence-electron chi connectivity index (χ1n) is 5.99. The number of benzene rings is 1. The van der Waals surface area contributed by atoms with Gasteiger partial charge in [0.1, 0.15) is 0 Å². The first kappa shape index (κ1) is 14.2. The summed E-state index contributed by atoms with van der Waals surface area (Å²) in [6.45, 7) is 4.71. The Balaban J connectivity index is 2.40. The van der Waals surface area contributed by atoms with Crippen molar-refractivity contribution in [3.8, 4) is 0 Å². The number of carbonyl (C=O) groups is 2. The smallest absolute Gasteiger partial charge is 0.396 e. The van der Waals surface area contributed by atoms with E-state index in [1.165, 1.54) is 12.7 Å². The van der Waals surface area contributed by atoms with Gasteiger partial charge in [0.05, 0.1) is 7.11 Å². The first-order valence-corrected chi connectivity index (χ1v) is 5.99. The largest absolute Gasteiger partial charge is 0.462 e. The second kappa shape index (κ2) is 6.79. The Morgan fingerprint density at radius 2 is 1.83 bits per heavy atom. The lowest BCUT2D eigenvalue weighted by Gasteiger charge is -2.07. The van der Waals surface area contributed by atoms with Crippen LogP contribution in [0.3, 0.4) is 0 Å². The van der Waals surface area contributed by atoms with Crippen molar-refractivity contribution in [1.82, 2.24) is 5.32 Å². The summed E-state index contributed by atoms with van der Waals surface area (Å²) < 4.78 is 4.31. The second-order valence-corrected chi connectivity index (χ2v) is 4.39. The number of methoxy groups -OCH3 is 1. The number of hydrogen-bond acceptors (Lipinski definition) is 3. The van der Waals surface area contributed by atoms with Gasteiger partial charge in [-0.05, 0) is 23.5 Å². The van der Waals surface area contributed by atoms with Gasteiger partial charge < -0.3 is 10.1 Å². The number of amides is 1. The molecule has 0 saturated carbocycles. The second-order valence-electron chi connectivity index (χ2n) is 4.39. The van der Waals surface area contributed by atoms with E-state index < -0.39 is 11.9 Å². The van der Waals surface area contributed by atoms with Gasteiger partial charge in [0.25, 0.3) is 0 Å². The zero-order valence-corrected chi connectivity index (χ0v) is 11.0. The number of hydrogen-bond donors (Lipinski definition) is 1. The van der Waals surface area contributed by atoms with Crippen molar-refractivity contribution in [2.75, 3.05) is 13.7 Å².